The predicted octanol–water partition coefficient (Wildman–Crippen LogP) is 2.76. The van der Waals surface area contributed by atoms with E-state index < -0.39 is 10.7 Å². The topological polar surface area (TPSA) is 75.5 Å². The molecule has 0 bridgehead atoms. The van der Waals surface area contributed by atoms with Gasteiger partial charge in [-0.3, -0.25) is 14.9 Å². The molecule has 0 aliphatic carbocycles. The van der Waals surface area contributed by atoms with Gasteiger partial charge in [-0.1, -0.05) is 0 Å². The summed E-state index contributed by atoms with van der Waals surface area (Å²) in [5.41, 5.74) is -0.0196. The first kappa shape index (κ1) is 18.6. The lowest BCUT2D eigenvalue weighted by Gasteiger charge is -2.44. The van der Waals surface area contributed by atoms with Gasteiger partial charge in [0.15, 0.2) is 0 Å². The van der Waals surface area contributed by atoms with E-state index in [1.807, 2.05) is 0 Å². The van der Waals surface area contributed by atoms with Gasteiger partial charge in [-0.2, -0.15) is 0 Å². The van der Waals surface area contributed by atoms with Gasteiger partial charge in [0.2, 0.25) is 0 Å². The summed E-state index contributed by atoms with van der Waals surface area (Å²) in [6.07, 6.45) is 4.14. The fourth-order valence-corrected chi connectivity index (χ4v) is 3.63. The molecule has 0 atom stereocenters. The van der Waals surface area contributed by atoms with Crippen molar-refractivity contribution in [3.63, 3.8) is 0 Å². The van der Waals surface area contributed by atoms with Gasteiger partial charge in [0.1, 0.15) is 5.82 Å². The van der Waals surface area contributed by atoms with Gasteiger partial charge >= 0.3 is 0 Å². The summed E-state index contributed by atoms with van der Waals surface area (Å²) in [7, 11) is 0. The Kier molecular flexibility index (Phi) is 5.77. The van der Waals surface area contributed by atoms with E-state index >= 15 is 0 Å². The highest BCUT2D eigenvalue weighted by atomic mass is 35.5. The van der Waals surface area contributed by atoms with Crippen molar-refractivity contribution in [2.75, 3.05) is 26.2 Å². The second-order valence-corrected chi connectivity index (χ2v) is 6.50. The number of non-ortho nitro benzene ring substituents is 1. The van der Waals surface area contributed by atoms with E-state index in [2.05, 4.69) is 5.32 Å². The van der Waals surface area contributed by atoms with Crippen LogP contribution in [0.3, 0.4) is 0 Å². The van der Waals surface area contributed by atoms with E-state index in [-0.39, 0.29) is 29.6 Å². The Hall–Kier alpha value is -1.73. The third-order valence-electron chi connectivity index (χ3n) is 5.12. The highest BCUT2D eigenvalue weighted by Gasteiger charge is 2.37. The third kappa shape index (κ3) is 3.84. The van der Waals surface area contributed by atoms with Gasteiger partial charge in [0, 0.05) is 24.7 Å². The van der Waals surface area contributed by atoms with Crippen molar-refractivity contribution in [2.24, 2.45) is 5.41 Å². The first-order valence-corrected chi connectivity index (χ1v) is 7.94. The molecular weight excluding hydrogens is 337 g/mol. The molecule has 1 aromatic carbocycles. The summed E-state index contributed by atoms with van der Waals surface area (Å²) in [4.78, 5) is 24.3. The lowest BCUT2D eigenvalue weighted by Crippen LogP contribution is -2.47. The van der Waals surface area contributed by atoms with Crippen LogP contribution in [0.5, 0.6) is 0 Å². The highest BCUT2D eigenvalue weighted by Crippen LogP contribution is 2.39. The van der Waals surface area contributed by atoms with Crippen molar-refractivity contribution in [2.45, 2.75) is 25.7 Å². The molecule has 2 heterocycles. The number of nitrogens with one attached hydrogen (secondary N) is 1. The number of nitro benzene ring substituents is 1. The zero-order valence-electron chi connectivity index (χ0n) is 13.3. The first-order valence-electron chi connectivity index (χ1n) is 7.94. The fourth-order valence-electron chi connectivity index (χ4n) is 3.63. The van der Waals surface area contributed by atoms with Crippen molar-refractivity contribution >= 4 is 24.0 Å². The maximum Gasteiger partial charge on any atom is 0.273 e. The number of hydrogen-bond acceptors (Lipinski definition) is 4. The number of carbonyl (C=O) groups is 1. The molecule has 8 heteroatoms. The molecule has 2 aliphatic heterocycles. The van der Waals surface area contributed by atoms with Gasteiger partial charge in [0.25, 0.3) is 11.6 Å². The van der Waals surface area contributed by atoms with E-state index in [0.29, 0.717) is 18.5 Å². The Balaban J connectivity index is 0.00000208. The molecule has 0 saturated carbocycles. The third-order valence-corrected chi connectivity index (χ3v) is 5.12. The highest BCUT2D eigenvalue weighted by molar-refractivity contribution is 5.95. The molecule has 2 fully saturated rings. The van der Waals surface area contributed by atoms with Crippen LogP contribution in [0.4, 0.5) is 10.1 Å². The van der Waals surface area contributed by atoms with Crippen LogP contribution in [0.2, 0.25) is 0 Å². The largest absolute Gasteiger partial charge is 0.339 e. The zero-order valence-corrected chi connectivity index (χ0v) is 14.1. The molecule has 1 N–H and O–H groups in total. The van der Waals surface area contributed by atoms with Crippen LogP contribution < -0.4 is 5.32 Å². The molecule has 1 aromatic rings. The molecule has 0 aromatic heterocycles. The fraction of sp³-hybridized carbons (Fsp3) is 0.562. The number of benzene rings is 1. The average molecular weight is 358 g/mol. The second kappa shape index (κ2) is 7.44. The number of likely N-dealkylation sites (tertiary alicyclic amines) is 1. The summed E-state index contributed by atoms with van der Waals surface area (Å²) in [6.45, 7) is 3.29. The molecule has 2 saturated heterocycles. The van der Waals surface area contributed by atoms with E-state index in [1.165, 1.54) is 0 Å². The normalized spacial score (nSPS) is 19.6. The molecule has 132 valence electrons. The lowest BCUT2D eigenvalue weighted by atomic mass is 9.71. The summed E-state index contributed by atoms with van der Waals surface area (Å²) in [5.74, 6) is -1.08. The maximum absolute atomic E-state index is 13.5. The Morgan fingerprint density at radius 1 is 1.17 bits per heavy atom. The number of halogens is 2. The minimum absolute atomic E-state index is 0. The number of nitro groups is 1. The van der Waals surface area contributed by atoms with E-state index in [4.69, 9.17) is 0 Å². The summed E-state index contributed by atoms with van der Waals surface area (Å²) in [6, 6.07) is 3.06. The number of hydrogen-bond donors (Lipinski definition) is 1. The quantitative estimate of drug-likeness (QED) is 0.652. The second-order valence-electron chi connectivity index (χ2n) is 6.50. The zero-order chi connectivity index (χ0) is 16.4. The minimum Gasteiger partial charge on any atom is -0.339 e. The smallest absolute Gasteiger partial charge is 0.273 e. The first-order chi connectivity index (χ1) is 11.0. The molecule has 1 spiro atoms. The standard InChI is InChI=1S/C16H20FN3O3.ClH/c17-13-9-12(10-14(11-13)20(22)23)15(21)19-7-3-16(4-8-19)1-5-18-6-2-16;/h9-11,18H,1-8H2;1H. The van der Waals surface area contributed by atoms with Crippen LogP contribution in [0.25, 0.3) is 0 Å². The Morgan fingerprint density at radius 3 is 2.38 bits per heavy atom. The number of carbonyl (C=O) groups excluding carboxylic acids is 1. The summed E-state index contributed by atoms with van der Waals surface area (Å²) < 4.78 is 13.5. The molecular formula is C16H21ClFN3O3. The number of amides is 1. The van der Waals surface area contributed by atoms with Gasteiger partial charge < -0.3 is 10.2 Å². The SMILES string of the molecule is Cl.O=C(c1cc(F)cc([N+](=O)[O-])c1)N1CCC2(CCNCC2)CC1. The molecule has 6 nitrogen and oxygen atoms in total. The van der Waals surface area contributed by atoms with Crippen LogP contribution >= 0.6 is 12.4 Å². The van der Waals surface area contributed by atoms with Crippen LogP contribution in [0.15, 0.2) is 18.2 Å². The molecule has 1 amide bonds. The van der Waals surface area contributed by atoms with Gasteiger partial charge in [-0.15, -0.1) is 12.4 Å². The number of piperidine rings is 2. The van der Waals surface area contributed by atoms with Crippen molar-refractivity contribution in [1.29, 1.82) is 0 Å². The van der Waals surface area contributed by atoms with Crippen molar-refractivity contribution in [1.82, 2.24) is 10.2 Å². The molecule has 3 rings (SSSR count). The molecule has 0 unspecified atom stereocenters. The molecule has 0 radical (unpaired) electrons. The van der Waals surface area contributed by atoms with E-state index in [1.54, 1.807) is 4.90 Å². The summed E-state index contributed by atoms with van der Waals surface area (Å²) in [5, 5.41) is 14.2. The molecule has 2 aliphatic rings. The van der Waals surface area contributed by atoms with Crippen molar-refractivity contribution in [3.8, 4) is 0 Å². The van der Waals surface area contributed by atoms with Crippen LogP contribution in [-0.4, -0.2) is 41.9 Å². The van der Waals surface area contributed by atoms with Crippen LogP contribution in [0, 0.1) is 21.3 Å². The van der Waals surface area contributed by atoms with Crippen molar-refractivity contribution in [3.05, 3.63) is 39.7 Å². The van der Waals surface area contributed by atoms with E-state index in [9.17, 15) is 19.3 Å². The minimum atomic E-state index is -0.755. The predicted molar refractivity (Wildman–Crippen MR) is 90.0 cm³/mol. The Bertz CT molecular complexity index is 625. The number of rotatable bonds is 2. The number of nitrogens with zero attached hydrogens (tertiary/aromatic N) is 2. The monoisotopic (exact) mass is 357 g/mol. The van der Waals surface area contributed by atoms with Gasteiger partial charge in [-0.05, 0) is 50.3 Å². The summed E-state index contributed by atoms with van der Waals surface area (Å²) >= 11 is 0. The van der Waals surface area contributed by atoms with Crippen LogP contribution in [-0.2, 0) is 0 Å². The van der Waals surface area contributed by atoms with Crippen molar-refractivity contribution < 1.29 is 14.1 Å². The average Bonchev–Trinajstić information content (AvgIpc) is 2.55. The van der Waals surface area contributed by atoms with Crippen LogP contribution in [0.1, 0.15) is 36.0 Å². The lowest BCUT2D eigenvalue weighted by molar-refractivity contribution is -0.385. The molecule has 24 heavy (non-hydrogen) atoms. The van der Waals surface area contributed by atoms with Gasteiger partial charge in [0.05, 0.1) is 11.0 Å². The Morgan fingerprint density at radius 2 is 1.79 bits per heavy atom. The Labute approximate surface area is 146 Å². The van der Waals surface area contributed by atoms with Gasteiger partial charge in [-0.25, -0.2) is 4.39 Å². The van der Waals surface area contributed by atoms with E-state index in [0.717, 1.165) is 57.0 Å². The maximum atomic E-state index is 13.5.